The average molecular weight is 394 g/mol. The number of hydrogen-bond donors (Lipinski definition) is 2. The summed E-state index contributed by atoms with van der Waals surface area (Å²) in [5.74, 6) is 2.51. The van der Waals surface area contributed by atoms with Gasteiger partial charge in [-0.05, 0) is 18.6 Å². The van der Waals surface area contributed by atoms with Crippen LogP contribution in [0.25, 0.3) is 0 Å². The summed E-state index contributed by atoms with van der Waals surface area (Å²) in [6, 6.07) is 7.46. The second kappa shape index (κ2) is 9.60. The van der Waals surface area contributed by atoms with Crippen molar-refractivity contribution in [1.82, 2.24) is 20.8 Å². The number of benzene rings is 1. The van der Waals surface area contributed by atoms with Crippen molar-refractivity contribution in [1.29, 1.82) is 0 Å². The van der Waals surface area contributed by atoms with Gasteiger partial charge in [-0.2, -0.15) is 4.98 Å². The van der Waals surface area contributed by atoms with E-state index in [0.717, 1.165) is 6.42 Å². The number of para-hydroxylation sites is 1. The Morgan fingerprint density at radius 3 is 2.63 bits per heavy atom. The molecule has 0 fully saturated rings. The van der Waals surface area contributed by atoms with E-state index in [1.165, 1.54) is 0 Å². The van der Waals surface area contributed by atoms with Crippen LogP contribution in [-0.2, 0) is 12.0 Å². The topological polar surface area (TPSA) is 84.6 Å². The van der Waals surface area contributed by atoms with Crippen LogP contribution in [0.3, 0.4) is 0 Å². The molecule has 1 atom stereocenters. The van der Waals surface area contributed by atoms with E-state index >= 15 is 0 Å². The molecule has 0 aliphatic rings. The summed E-state index contributed by atoms with van der Waals surface area (Å²) in [6.07, 6.45) is 0.788. The Labute approximate surface area is 165 Å². The molecule has 0 saturated heterocycles. The molecule has 1 aromatic heterocycles. The first-order chi connectivity index (χ1) is 12.8. The largest absolute Gasteiger partial charge is 0.487 e. The van der Waals surface area contributed by atoms with Gasteiger partial charge in [0.25, 0.3) is 0 Å². The standard InChI is InChI=1S/C19H28ClN5O2/c1-6-13(26-15-10-8-7-9-14(15)20)11-22-18(21-5)23-12-16-24-17(27-25-16)19(2,3)4/h7-10,13H,6,11-12H2,1-5H3,(H2,21,22,23). The summed E-state index contributed by atoms with van der Waals surface area (Å²) in [4.78, 5) is 8.62. The van der Waals surface area contributed by atoms with Gasteiger partial charge in [0.1, 0.15) is 11.9 Å². The molecular formula is C19H28ClN5O2. The predicted molar refractivity (Wildman–Crippen MR) is 107 cm³/mol. The van der Waals surface area contributed by atoms with E-state index in [9.17, 15) is 0 Å². The number of aromatic nitrogens is 2. The fraction of sp³-hybridized carbons (Fsp3) is 0.526. The van der Waals surface area contributed by atoms with E-state index in [1.54, 1.807) is 7.05 Å². The number of halogens is 1. The number of guanidine groups is 1. The predicted octanol–water partition coefficient (Wildman–Crippen LogP) is 3.54. The highest BCUT2D eigenvalue weighted by atomic mass is 35.5. The zero-order valence-corrected chi connectivity index (χ0v) is 17.3. The van der Waals surface area contributed by atoms with Gasteiger partial charge in [-0.3, -0.25) is 4.99 Å². The van der Waals surface area contributed by atoms with Gasteiger partial charge in [-0.15, -0.1) is 0 Å². The Balaban J connectivity index is 1.85. The number of nitrogens with zero attached hydrogens (tertiary/aromatic N) is 3. The molecule has 0 spiro atoms. The third-order valence-electron chi connectivity index (χ3n) is 3.83. The highest BCUT2D eigenvalue weighted by Crippen LogP contribution is 2.24. The zero-order valence-electron chi connectivity index (χ0n) is 16.5. The van der Waals surface area contributed by atoms with Gasteiger partial charge >= 0.3 is 0 Å². The number of ether oxygens (including phenoxy) is 1. The van der Waals surface area contributed by atoms with Crippen molar-refractivity contribution in [3.63, 3.8) is 0 Å². The second-order valence-electron chi connectivity index (χ2n) is 7.15. The van der Waals surface area contributed by atoms with E-state index in [-0.39, 0.29) is 11.5 Å². The molecule has 1 heterocycles. The first-order valence-electron chi connectivity index (χ1n) is 9.02. The highest BCUT2D eigenvalue weighted by molar-refractivity contribution is 6.32. The maximum atomic E-state index is 6.16. The normalized spacial score (nSPS) is 13.3. The molecule has 2 aromatic rings. The zero-order chi connectivity index (χ0) is 19.9. The van der Waals surface area contributed by atoms with Crippen LogP contribution >= 0.6 is 11.6 Å². The molecule has 0 aliphatic heterocycles. The third-order valence-corrected chi connectivity index (χ3v) is 4.14. The van der Waals surface area contributed by atoms with E-state index < -0.39 is 0 Å². The van der Waals surface area contributed by atoms with Crippen molar-refractivity contribution < 1.29 is 9.26 Å². The lowest BCUT2D eigenvalue weighted by molar-refractivity contribution is 0.199. The maximum Gasteiger partial charge on any atom is 0.232 e. The van der Waals surface area contributed by atoms with Gasteiger partial charge in [0.15, 0.2) is 11.8 Å². The molecule has 1 aromatic carbocycles. The minimum absolute atomic E-state index is 0.0406. The molecular weight excluding hydrogens is 366 g/mol. The average Bonchev–Trinajstić information content (AvgIpc) is 3.11. The van der Waals surface area contributed by atoms with Crippen LogP contribution in [0.5, 0.6) is 5.75 Å². The van der Waals surface area contributed by atoms with Crippen LogP contribution in [0.2, 0.25) is 5.02 Å². The Morgan fingerprint density at radius 2 is 2.04 bits per heavy atom. The minimum Gasteiger partial charge on any atom is -0.487 e. The molecule has 148 valence electrons. The van der Waals surface area contributed by atoms with Gasteiger partial charge in [0.05, 0.1) is 18.1 Å². The highest BCUT2D eigenvalue weighted by Gasteiger charge is 2.21. The summed E-state index contributed by atoms with van der Waals surface area (Å²) in [5, 5.41) is 11.0. The first-order valence-corrected chi connectivity index (χ1v) is 9.40. The summed E-state index contributed by atoms with van der Waals surface area (Å²) in [5.41, 5.74) is -0.171. The van der Waals surface area contributed by atoms with Crippen LogP contribution in [-0.4, -0.2) is 35.8 Å². The fourth-order valence-corrected chi connectivity index (χ4v) is 2.39. The lowest BCUT2D eigenvalue weighted by Crippen LogP contribution is -2.42. The molecule has 0 radical (unpaired) electrons. The van der Waals surface area contributed by atoms with Crippen molar-refractivity contribution in [3.05, 3.63) is 41.0 Å². The Morgan fingerprint density at radius 1 is 1.30 bits per heavy atom. The van der Waals surface area contributed by atoms with Gasteiger partial charge < -0.3 is 19.9 Å². The molecule has 0 aliphatic carbocycles. The summed E-state index contributed by atoms with van der Waals surface area (Å²) < 4.78 is 11.3. The monoisotopic (exact) mass is 393 g/mol. The van der Waals surface area contributed by atoms with Gasteiger partial charge in [0, 0.05) is 12.5 Å². The van der Waals surface area contributed by atoms with Crippen molar-refractivity contribution in [2.45, 2.75) is 52.2 Å². The van der Waals surface area contributed by atoms with Crippen LogP contribution in [0.15, 0.2) is 33.8 Å². The number of hydrogen-bond acceptors (Lipinski definition) is 5. The summed E-state index contributed by atoms with van der Waals surface area (Å²) in [6.45, 7) is 9.15. The summed E-state index contributed by atoms with van der Waals surface area (Å²) >= 11 is 6.16. The molecule has 1 unspecified atom stereocenters. The smallest absolute Gasteiger partial charge is 0.232 e. The quantitative estimate of drug-likeness (QED) is 0.552. The van der Waals surface area contributed by atoms with E-state index in [4.69, 9.17) is 20.9 Å². The number of rotatable bonds is 7. The van der Waals surface area contributed by atoms with Crippen LogP contribution in [0.1, 0.15) is 45.8 Å². The SMILES string of the molecule is CCC(CNC(=NC)NCc1noc(C(C)(C)C)n1)Oc1ccccc1Cl. The molecule has 0 amide bonds. The third kappa shape index (κ3) is 6.43. The molecule has 27 heavy (non-hydrogen) atoms. The van der Waals surface area contributed by atoms with Crippen LogP contribution in [0.4, 0.5) is 0 Å². The molecule has 2 rings (SSSR count). The van der Waals surface area contributed by atoms with Crippen LogP contribution in [0, 0.1) is 0 Å². The molecule has 2 N–H and O–H groups in total. The Bertz CT molecular complexity index is 755. The Kier molecular flexibility index (Phi) is 7.47. The van der Waals surface area contributed by atoms with Crippen molar-refractivity contribution >= 4 is 17.6 Å². The number of aliphatic imine (C=N–C) groups is 1. The van der Waals surface area contributed by atoms with Gasteiger partial charge in [-0.25, -0.2) is 0 Å². The molecule has 0 bridgehead atoms. The Hall–Kier alpha value is -2.28. The number of nitrogens with one attached hydrogen (secondary N) is 2. The van der Waals surface area contributed by atoms with Crippen molar-refractivity contribution in [3.8, 4) is 5.75 Å². The lowest BCUT2D eigenvalue weighted by Gasteiger charge is -2.20. The van der Waals surface area contributed by atoms with Crippen molar-refractivity contribution in [2.75, 3.05) is 13.6 Å². The second-order valence-corrected chi connectivity index (χ2v) is 7.56. The molecule has 7 nitrogen and oxygen atoms in total. The van der Waals surface area contributed by atoms with Gasteiger partial charge in [0.2, 0.25) is 5.89 Å². The summed E-state index contributed by atoms with van der Waals surface area (Å²) in [7, 11) is 1.71. The van der Waals surface area contributed by atoms with E-state index in [0.29, 0.717) is 41.5 Å². The minimum atomic E-state index is -0.171. The van der Waals surface area contributed by atoms with Crippen molar-refractivity contribution in [2.24, 2.45) is 4.99 Å². The van der Waals surface area contributed by atoms with E-state index in [2.05, 4.69) is 32.7 Å². The molecule has 0 saturated carbocycles. The lowest BCUT2D eigenvalue weighted by atomic mass is 9.97. The molecule has 8 heteroatoms. The maximum absolute atomic E-state index is 6.16. The van der Waals surface area contributed by atoms with Gasteiger partial charge in [-0.1, -0.05) is 56.6 Å². The van der Waals surface area contributed by atoms with Crippen LogP contribution < -0.4 is 15.4 Å². The van der Waals surface area contributed by atoms with E-state index in [1.807, 2.05) is 45.0 Å². The fourth-order valence-electron chi connectivity index (χ4n) is 2.21. The first kappa shape index (κ1) is 21.0.